The number of rotatable bonds is 2. The maximum atomic E-state index is 2.75. The highest BCUT2D eigenvalue weighted by atomic mass is 15.2. The zero-order valence-corrected chi connectivity index (χ0v) is 12.2. The van der Waals surface area contributed by atoms with Crippen molar-refractivity contribution in [3.63, 3.8) is 0 Å². The van der Waals surface area contributed by atoms with Crippen LogP contribution in [0.1, 0.15) is 25.7 Å². The Morgan fingerprint density at radius 2 is 1.50 bits per heavy atom. The van der Waals surface area contributed by atoms with Crippen LogP contribution in [0, 0.1) is 11.3 Å². The lowest BCUT2D eigenvalue weighted by atomic mass is 9.72. The van der Waals surface area contributed by atoms with Crippen molar-refractivity contribution in [3.05, 3.63) is 0 Å². The Morgan fingerprint density at radius 3 is 2.06 bits per heavy atom. The molecule has 0 radical (unpaired) electrons. The molecule has 3 nitrogen and oxygen atoms in total. The topological polar surface area (TPSA) is 9.72 Å². The zero-order chi connectivity index (χ0) is 12.6. The van der Waals surface area contributed by atoms with Gasteiger partial charge in [0.15, 0.2) is 0 Å². The fraction of sp³-hybridized carbons (Fsp3) is 1.00. The van der Waals surface area contributed by atoms with Crippen LogP contribution in [-0.2, 0) is 0 Å². The number of likely N-dealkylation sites (tertiary alicyclic amines) is 3. The van der Waals surface area contributed by atoms with E-state index in [1.165, 1.54) is 71.5 Å². The summed E-state index contributed by atoms with van der Waals surface area (Å²) in [5.41, 5.74) is 0.720. The van der Waals surface area contributed by atoms with Crippen LogP contribution >= 0.6 is 0 Å². The largest absolute Gasteiger partial charge is 0.306 e. The molecule has 0 saturated carbocycles. The van der Waals surface area contributed by atoms with Gasteiger partial charge in [0.1, 0.15) is 0 Å². The molecule has 0 unspecified atom stereocenters. The molecule has 0 aliphatic carbocycles. The fourth-order valence-corrected chi connectivity index (χ4v) is 4.23. The minimum atomic E-state index is 0.720. The Hall–Kier alpha value is -0.120. The second kappa shape index (κ2) is 5.10. The number of nitrogens with zero attached hydrogens (tertiary/aromatic N) is 3. The van der Waals surface area contributed by atoms with Gasteiger partial charge in [-0.25, -0.2) is 0 Å². The van der Waals surface area contributed by atoms with Crippen molar-refractivity contribution in [2.24, 2.45) is 11.3 Å². The van der Waals surface area contributed by atoms with Crippen LogP contribution in [-0.4, -0.2) is 74.6 Å². The van der Waals surface area contributed by atoms with Gasteiger partial charge in [0.25, 0.3) is 0 Å². The Morgan fingerprint density at radius 1 is 0.889 bits per heavy atom. The van der Waals surface area contributed by atoms with E-state index in [4.69, 9.17) is 0 Å². The highest BCUT2D eigenvalue weighted by molar-refractivity contribution is 4.97. The van der Waals surface area contributed by atoms with E-state index in [0.29, 0.717) is 0 Å². The Balaban J connectivity index is 1.40. The molecule has 0 N–H and O–H groups in total. The van der Waals surface area contributed by atoms with Crippen molar-refractivity contribution in [2.75, 3.05) is 59.9 Å². The predicted octanol–water partition coefficient (Wildman–Crippen LogP) is 1.36. The van der Waals surface area contributed by atoms with Crippen molar-refractivity contribution in [2.45, 2.75) is 25.7 Å². The lowest BCUT2D eigenvalue weighted by Crippen LogP contribution is -2.59. The average Bonchev–Trinajstić information content (AvgIpc) is 2.33. The molecule has 18 heavy (non-hydrogen) atoms. The Bertz CT molecular complexity index is 267. The highest BCUT2D eigenvalue weighted by Gasteiger charge is 2.43. The van der Waals surface area contributed by atoms with Crippen molar-refractivity contribution >= 4 is 0 Å². The van der Waals surface area contributed by atoms with Crippen LogP contribution in [0.2, 0.25) is 0 Å². The molecule has 3 saturated heterocycles. The van der Waals surface area contributed by atoms with E-state index in [2.05, 4.69) is 28.8 Å². The van der Waals surface area contributed by atoms with Crippen molar-refractivity contribution in [1.82, 2.24) is 14.7 Å². The van der Waals surface area contributed by atoms with E-state index in [0.717, 1.165) is 11.3 Å². The summed E-state index contributed by atoms with van der Waals surface area (Å²) in [5.74, 6) is 0.972. The van der Waals surface area contributed by atoms with Crippen molar-refractivity contribution < 1.29 is 0 Å². The Kier molecular flexibility index (Phi) is 3.65. The second-order valence-electron chi connectivity index (χ2n) is 7.22. The monoisotopic (exact) mass is 251 g/mol. The number of hydrogen-bond acceptors (Lipinski definition) is 3. The summed E-state index contributed by atoms with van der Waals surface area (Å²) < 4.78 is 0. The first kappa shape index (κ1) is 12.9. The van der Waals surface area contributed by atoms with E-state index < -0.39 is 0 Å². The maximum Gasteiger partial charge on any atom is 0.00484 e. The summed E-state index contributed by atoms with van der Waals surface area (Å²) in [6.07, 6.45) is 5.73. The molecule has 3 heterocycles. The van der Waals surface area contributed by atoms with Gasteiger partial charge in [-0.05, 0) is 77.3 Å². The molecule has 3 heteroatoms. The van der Waals surface area contributed by atoms with E-state index in [9.17, 15) is 0 Å². The van der Waals surface area contributed by atoms with Gasteiger partial charge in [-0.15, -0.1) is 0 Å². The molecule has 3 aliphatic rings. The average molecular weight is 251 g/mol. The lowest BCUT2D eigenvalue weighted by molar-refractivity contribution is -0.0352. The van der Waals surface area contributed by atoms with Gasteiger partial charge in [0.2, 0.25) is 0 Å². The first-order valence-corrected chi connectivity index (χ1v) is 7.75. The first-order chi connectivity index (χ1) is 8.65. The second-order valence-corrected chi connectivity index (χ2v) is 7.22. The summed E-state index contributed by atoms with van der Waals surface area (Å²) in [4.78, 5) is 7.71. The quantitative estimate of drug-likeness (QED) is 0.734. The van der Waals surface area contributed by atoms with Gasteiger partial charge in [-0.3, -0.25) is 0 Å². The van der Waals surface area contributed by atoms with Gasteiger partial charge in [0, 0.05) is 19.6 Å². The van der Waals surface area contributed by atoms with Gasteiger partial charge in [0.05, 0.1) is 0 Å². The van der Waals surface area contributed by atoms with Crippen LogP contribution in [0.3, 0.4) is 0 Å². The third kappa shape index (κ3) is 2.73. The summed E-state index contributed by atoms with van der Waals surface area (Å²) in [6, 6.07) is 0. The molecule has 3 rings (SSSR count). The van der Waals surface area contributed by atoms with E-state index in [1.54, 1.807) is 0 Å². The molecule has 0 amide bonds. The number of piperidine rings is 2. The van der Waals surface area contributed by atoms with Crippen LogP contribution in [0.25, 0.3) is 0 Å². The molecule has 0 aromatic heterocycles. The van der Waals surface area contributed by atoms with Crippen LogP contribution < -0.4 is 0 Å². The van der Waals surface area contributed by atoms with Gasteiger partial charge >= 0.3 is 0 Å². The maximum absolute atomic E-state index is 2.75. The first-order valence-electron chi connectivity index (χ1n) is 7.75. The van der Waals surface area contributed by atoms with Crippen molar-refractivity contribution in [3.8, 4) is 0 Å². The van der Waals surface area contributed by atoms with E-state index >= 15 is 0 Å². The van der Waals surface area contributed by atoms with Crippen molar-refractivity contribution in [1.29, 1.82) is 0 Å². The standard InChI is InChI=1S/C15H29N3/c1-16-7-3-14(4-8-16)11-18-9-5-15(6-10-18)12-17(2)13-15/h14H,3-13H2,1-2H3. The van der Waals surface area contributed by atoms with Crippen LogP contribution in [0.5, 0.6) is 0 Å². The SMILES string of the molecule is CN1CCC(CN2CCC3(CC2)CN(C)C3)CC1. The lowest BCUT2D eigenvalue weighted by Gasteiger charge is -2.53. The molecule has 3 aliphatic heterocycles. The molecule has 1 spiro atoms. The summed E-state index contributed by atoms with van der Waals surface area (Å²) in [6.45, 7) is 9.44. The summed E-state index contributed by atoms with van der Waals surface area (Å²) >= 11 is 0. The van der Waals surface area contributed by atoms with Crippen LogP contribution in [0.4, 0.5) is 0 Å². The van der Waals surface area contributed by atoms with Crippen LogP contribution in [0.15, 0.2) is 0 Å². The summed E-state index contributed by atoms with van der Waals surface area (Å²) in [7, 11) is 4.52. The predicted molar refractivity (Wildman–Crippen MR) is 75.8 cm³/mol. The molecular weight excluding hydrogens is 222 g/mol. The molecule has 0 aromatic carbocycles. The van der Waals surface area contributed by atoms with Gasteiger partial charge < -0.3 is 14.7 Å². The van der Waals surface area contributed by atoms with Gasteiger partial charge in [-0.2, -0.15) is 0 Å². The molecular formula is C15H29N3. The number of hydrogen-bond donors (Lipinski definition) is 0. The highest BCUT2D eigenvalue weighted by Crippen LogP contribution is 2.39. The normalized spacial score (nSPS) is 31.7. The third-order valence-corrected chi connectivity index (χ3v) is 5.48. The third-order valence-electron chi connectivity index (χ3n) is 5.48. The minimum absolute atomic E-state index is 0.720. The van der Waals surface area contributed by atoms with Gasteiger partial charge in [-0.1, -0.05) is 0 Å². The molecule has 0 bridgehead atoms. The van der Waals surface area contributed by atoms with E-state index in [1.807, 2.05) is 0 Å². The Labute approximate surface area is 112 Å². The molecule has 3 fully saturated rings. The molecule has 0 aromatic rings. The smallest absolute Gasteiger partial charge is 0.00484 e. The molecule has 104 valence electrons. The minimum Gasteiger partial charge on any atom is -0.306 e. The fourth-order valence-electron chi connectivity index (χ4n) is 4.23. The van der Waals surface area contributed by atoms with E-state index in [-0.39, 0.29) is 0 Å². The zero-order valence-electron chi connectivity index (χ0n) is 12.2. The summed E-state index contributed by atoms with van der Waals surface area (Å²) in [5, 5.41) is 0. The molecule has 0 atom stereocenters.